The number of aromatic amines is 1. The Kier molecular flexibility index (Phi) is 5.88. The highest BCUT2D eigenvalue weighted by Gasteiger charge is 2.31. The first-order valence-electron chi connectivity index (χ1n) is 10.3. The predicted molar refractivity (Wildman–Crippen MR) is 120 cm³/mol. The molecule has 0 bridgehead atoms. The molecule has 0 amide bonds. The third-order valence-corrected chi connectivity index (χ3v) is 7.94. The van der Waals surface area contributed by atoms with Crippen LogP contribution in [0.2, 0.25) is 0 Å². The van der Waals surface area contributed by atoms with Gasteiger partial charge in [-0.2, -0.15) is 4.31 Å². The lowest BCUT2D eigenvalue weighted by Crippen LogP contribution is -2.49. The molecule has 164 valence electrons. The van der Waals surface area contributed by atoms with Gasteiger partial charge in [0.15, 0.2) is 5.78 Å². The van der Waals surface area contributed by atoms with Gasteiger partial charge in [-0.1, -0.05) is 18.2 Å². The number of aryl methyl sites for hydroxylation is 2. The molecule has 1 aliphatic heterocycles. The molecule has 0 spiro atoms. The van der Waals surface area contributed by atoms with Crippen molar-refractivity contribution in [1.29, 1.82) is 0 Å². The summed E-state index contributed by atoms with van der Waals surface area (Å²) in [6.07, 6.45) is 1.75. The molecule has 2 aromatic carbocycles. The van der Waals surface area contributed by atoms with Gasteiger partial charge in [0.05, 0.1) is 18.6 Å². The first-order valence-corrected chi connectivity index (χ1v) is 11.7. The minimum absolute atomic E-state index is 0.0374. The Balaban J connectivity index is 1.44. The number of aromatic nitrogens is 1. The highest BCUT2D eigenvalue weighted by molar-refractivity contribution is 7.89. The van der Waals surface area contributed by atoms with Crippen molar-refractivity contribution in [3.63, 3.8) is 0 Å². The number of carbonyl (C=O) groups excluding carboxylic acids is 1. The van der Waals surface area contributed by atoms with Crippen molar-refractivity contribution in [3.8, 4) is 5.75 Å². The molecule has 0 aliphatic carbocycles. The number of nitrogens with zero attached hydrogens (tertiary/aromatic N) is 2. The fourth-order valence-corrected chi connectivity index (χ4v) is 5.83. The molecule has 1 fully saturated rings. The zero-order valence-corrected chi connectivity index (χ0v) is 18.8. The summed E-state index contributed by atoms with van der Waals surface area (Å²) in [6.45, 7) is 5.64. The number of benzene rings is 2. The van der Waals surface area contributed by atoms with E-state index >= 15 is 0 Å². The van der Waals surface area contributed by atoms with Gasteiger partial charge in [0.25, 0.3) is 0 Å². The van der Waals surface area contributed by atoms with Gasteiger partial charge < -0.3 is 9.72 Å². The number of para-hydroxylation sites is 1. The summed E-state index contributed by atoms with van der Waals surface area (Å²) in [5.41, 5.74) is 3.07. The number of ether oxygens (including phenoxy) is 1. The van der Waals surface area contributed by atoms with E-state index in [-0.39, 0.29) is 12.3 Å². The number of H-pyrrole nitrogens is 1. The van der Waals surface area contributed by atoms with Crippen molar-refractivity contribution in [1.82, 2.24) is 14.2 Å². The van der Waals surface area contributed by atoms with Crippen molar-refractivity contribution < 1.29 is 17.9 Å². The van der Waals surface area contributed by atoms with Gasteiger partial charge in [-0.15, -0.1) is 0 Å². The Morgan fingerprint density at radius 1 is 1.06 bits per heavy atom. The quantitative estimate of drug-likeness (QED) is 0.595. The minimum Gasteiger partial charge on any atom is -0.496 e. The van der Waals surface area contributed by atoms with Crippen LogP contribution >= 0.6 is 0 Å². The van der Waals surface area contributed by atoms with Crippen LogP contribution < -0.4 is 4.74 Å². The lowest BCUT2D eigenvalue weighted by molar-refractivity contribution is 0.0903. The van der Waals surface area contributed by atoms with Gasteiger partial charge in [-0.3, -0.25) is 9.69 Å². The Labute approximate surface area is 182 Å². The summed E-state index contributed by atoms with van der Waals surface area (Å²) in [6, 6.07) is 11.2. The van der Waals surface area contributed by atoms with E-state index in [1.165, 1.54) is 4.31 Å². The van der Waals surface area contributed by atoms with Crippen molar-refractivity contribution in [2.45, 2.75) is 18.7 Å². The van der Waals surface area contributed by atoms with E-state index in [0.717, 1.165) is 16.5 Å². The molecular formula is C23H27N3O4S. The molecule has 7 nitrogen and oxygen atoms in total. The number of methoxy groups -OCH3 is 1. The second kappa shape index (κ2) is 8.45. The molecule has 1 aromatic heterocycles. The van der Waals surface area contributed by atoms with Crippen LogP contribution in [0.5, 0.6) is 5.75 Å². The summed E-state index contributed by atoms with van der Waals surface area (Å²) >= 11 is 0. The predicted octanol–water partition coefficient (Wildman–Crippen LogP) is 2.98. The maximum atomic E-state index is 13.2. The number of carbonyl (C=O) groups is 1. The zero-order chi connectivity index (χ0) is 22.2. The molecule has 8 heteroatoms. The molecule has 1 N–H and O–H groups in total. The number of ketones is 1. The molecule has 3 aromatic rings. The molecule has 0 unspecified atom stereocenters. The summed E-state index contributed by atoms with van der Waals surface area (Å²) in [4.78, 5) is 18.3. The molecule has 2 heterocycles. The van der Waals surface area contributed by atoms with E-state index in [0.29, 0.717) is 48.0 Å². The number of rotatable bonds is 6. The van der Waals surface area contributed by atoms with Crippen LogP contribution in [-0.4, -0.2) is 68.2 Å². The lowest BCUT2D eigenvalue weighted by Gasteiger charge is -2.33. The molecule has 1 aliphatic rings. The maximum absolute atomic E-state index is 13.2. The average molecular weight is 442 g/mol. The van der Waals surface area contributed by atoms with Crippen molar-refractivity contribution in [3.05, 3.63) is 59.3 Å². The van der Waals surface area contributed by atoms with E-state index in [4.69, 9.17) is 4.74 Å². The number of hydrogen-bond donors (Lipinski definition) is 1. The highest BCUT2D eigenvalue weighted by atomic mass is 32.2. The van der Waals surface area contributed by atoms with Crippen LogP contribution in [-0.2, 0) is 10.0 Å². The molecule has 0 radical (unpaired) electrons. The number of nitrogens with one attached hydrogen (secondary N) is 1. The number of hydrogen-bond acceptors (Lipinski definition) is 5. The largest absolute Gasteiger partial charge is 0.496 e. The van der Waals surface area contributed by atoms with Crippen molar-refractivity contribution >= 4 is 26.7 Å². The van der Waals surface area contributed by atoms with Crippen LogP contribution in [0.1, 0.15) is 21.5 Å². The Hall–Kier alpha value is -2.68. The third kappa shape index (κ3) is 4.11. The van der Waals surface area contributed by atoms with Gasteiger partial charge in [0.1, 0.15) is 5.75 Å². The van der Waals surface area contributed by atoms with E-state index in [9.17, 15) is 13.2 Å². The number of sulfonamides is 1. The number of Topliss-reactive ketones (excluding diaryl/α,β-unsaturated/α-hetero) is 1. The topological polar surface area (TPSA) is 82.7 Å². The average Bonchev–Trinajstić information content (AvgIpc) is 3.19. The van der Waals surface area contributed by atoms with Gasteiger partial charge in [-0.05, 0) is 43.2 Å². The van der Waals surface area contributed by atoms with E-state index < -0.39 is 10.0 Å². The number of fused-ring (bicyclic) bond motifs is 1. The van der Waals surface area contributed by atoms with Crippen LogP contribution in [0.25, 0.3) is 10.9 Å². The smallest absolute Gasteiger partial charge is 0.243 e. The van der Waals surface area contributed by atoms with E-state index in [2.05, 4.69) is 4.98 Å². The highest BCUT2D eigenvalue weighted by Crippen LogP contribution is 2.28. The van der Waals surface area contributed by atoms with Crippen LogP contribution in [0.15, 0.2) is 47.5 Å². The Bertz CT molecular complexity index is 1220. The van der Waals surface area contributed by atoms with Crippen LogP contribution in [0.4, 0.5) is 0 Å². The van der Waals surface area contributed by atoms with Crippen molar-refractivity contribution in [2.75, 3.05) is 39.8 Å². The second-order valence-corrected chi connectivity index (χ2v) is 9.85. The molecule has 4 rings (SSSR count). The fourth-order valence-electron chi connectivity index (χ4n) is 4.12. The molecular weight excluding hydrogens is 414 g/mol. The van der Waals surface area contributed by atoms with Crippen LogP contribution in [0.3, 0.4) is 0 Å². The SMILES string of the molecule is COc1cc(C)c(S(=O)(=O)N2CCN(CC(=O)c3c[nH]c4ccccc34)CC2)cc1C. The molecule has 0 saturated carbocycles. The molecule has 1 saturated heterocycles. The van der Waals surface area contributed by atoms with Crippen LogP contribution in [0, 0.1) is 13.8 Å². The summed E-state index contributed by atoms with van der Waals surface area (Å²) in [5, 5.41) is 0.916. The normalized spacial score (nSPS) is 16.0. The van der Waals surface area contributed by atoms with Crippen molar-refractivity contribution in [2.24, 2.45) is 0 Å². The summed E-state index contributed by atoms with van der Waals surface area (Å²) in [5.74, 6) is 0.715. The number of piperazine rings is 1. The Morgan fingerprint density at radius 2 is 1.77 bits per heavy atom. The van der Waals surface area contributed by atoms with Gasteiger partial charge in [0, 0.05) is 48.8 Å². The monoisotopic (exact) mass is 441 g/mol. The zero-order valence-electron chi connectivity index (χ0n) is 18.0. The van der Waals surface area contributed by atoms with Gasteiger partial charge in [0.2, 0.25) is 10.0 Å². The fraction of sp³-hybridized carbons (Fsp3) is 0.348. The third-order valence-electron chi connectivity index (χ3n) is 5.90. The molecule has 0 atom stereocenters. The Morgan fingerprint density at radius 3 is 2.48 bits per heavy atom. The van der Waals surface area contributed by atoms with Gasteiger partial charge in [-0.25, -0.2) is 8.42 Å². The summed E-state index contributed by atoms with van der Waals surface area (Å²) < 4.78 is 33.2. The second-order valence-electron chi connectivity index (χ2n) is 7.94. The standard InChI is InChI=1S/C23H27N3O4S/c1-16-13-23(17(2)12-22(16)30-3)31(28,29)26-10-8-25(9-11-26)15-21(27)19-14-24-20-7-5-4-6-18(19)20/h4-7,12-14,24H,8-11,15H2,1-3H3. The molecule has 31 heavy (non-hydrogen) atoms. The lowest BCUT2D eigenvalue weighted by atomic mass is 10.1. The first-order chi connectivity index (χ1) is 14.8. The van der Waals surface area contributed by atoms with Gasteiger partial charge >= 0.3 is 0 Å². The van der Waals surface area contributed by atoms with E-state index in [1.807, 2.05) is 36.1 Å². The van der Waals surface area contributed by atoms with E-state index in [1.54, 1.807) is 32.4 Å². The summed E-state index contributed by atoms with van der Waals surface area (Å²) in [7, 11) is -2.03. The minimum atomic E-state index is -3.60. The first kappa shape index (κ1) is 21.5. The maximum Gasteiger partial charge on any atom is 0.243 e.